The fourth-order valence-corrected chi connectivity index (χ4v) is 3.17. The van der Waals surface area contributed by atoms with Crippen LogP contribution in [0.1, 0.15) is 12.5 Å². The van der Waals surface area contributed by atoms with Gasteiger partial charge >= 0.3 is 0 Å². The van der Waals surface area contributed by atoms with Crippen molar-refractivity contribution in [3.63, 3.8) is 0 Å². The minimum Gasteiger partial charge on any atom is -0.497 e. The number of aromatic nitrogens is 2. The van der Waals surface area contributed by atoms with Crippen molar-refractivity contribution in [2.75, 3.05) is 19.0 Å². The van der Waals surface area contributed by atoms with E-state index in [2.05, 4.69) is 20.8 Å². The number of imidazole rings is 1. The van der Waals surface area contributed by atoms with E-state index in [9.17, 15) is 4.79 Å². The fraction of sp³-hybridized carbons (Fsp3) is 0.125. The van der Waals surface area contributed by atoms with Crippen molar-refractivity contribution in [2.24, 2.45) is 5.10 Å². The Morgan fingerprint density at radius 3 is 2.52 bits per heavy atom. The van der Waals surface area contributed by atoms with E-state index in [1.54, 1.807) is 7.11 Å². The van der Waals surface area contributed by atoms with E-state index in [0.29, 0.717) is 0 Å². The SMILES string of the molecule is COc1ccc(NCC(=O)N/N=C(/C)c2ccc(-n3cnc4ccccc43)cc2)cc1. The van der Waals surface area contributed by atoms with Gasteiger partial charge in [0, 0.05) is 11.4 Å². The molecule has 1 aromatic heterocycles. The van der Waals surface area contributed by atoms with Crippen LogP contribution in [0.15, 0.2) is 84.2 Å². The van der Waals surface area contributed by atoms with Crippen LogP contribution in [-0.2, 0) is 4.79 Å². The van der Waals surface area contributed by atoms with Crippen LogP contribution in [0.3, 0.4) is 0 Å². The van der Waals surface area contributed by atoms with Gasteiger partial charge in [-0.3, -0.25) is 9.36 Å². The molecule has 0 bridgehead atoms. The normalized spacial score (nSPS) is 11.4. The molecule has 2 N–H and O–H groups in total. The molecule has 0 aliphatic carbocycles. The largest absolute Gasteiger partial charge is 0.497 e. The number of para-hydroxylation sites is 2. The molecule has 0 atom stereocenters. The highest BCUT2D eigenvalue weighted by molar-refractivity contribution is 5.99. The van der Waals surface area contributed by atoms with Crippen LogP contribution in [0.25, 0.3) is 16.7 Å². The van der Waals surface area contributed by atoms with Crippen molar-refractivity contribution in [3.05, 3.63) is 84.7 Å². The van der Waals surface area contributed by atoms with Gasteiger partial charge in [-0.2, -0.15) is 5.10 Å². The Morgan fingerprint density at radius 1 is 1.03 bits per heavy atom. The zero-order valence-corrected chi connectivity index (χ0v) is 17.4. The highest BCUT2D eigenvalue weighted by Gasteiger charge is 2.06. The highest BCUT2D eigenvalue weighted by Crippen LogP contribution is 2.18. The number of ether oxygens (including phenoxy) is 1. The van der Waals surface area contributed by atoms with Crippen LogP contribution in [0.4, 0.5) is 5.69 Å². The summed E-state index contributed by atoms with van der Waals surface area (Å²) in [5.41, 5.74) is 8.09. The second-order valence-electron chi connectivity index (χ2n) is 6.96. The first-order valence-corrected chi connectivity index (χ1v) is 9.88. The Morgan fingerprint density at radius 2 is 1.77 bits per heavy atom. The molecule has 0 unspecified atom stereocenters. The van der Waals surface area contributed by atoms with Crippen molar-refractivity contribution < 1.29 is 9.53 Å². The van der Waals surface area contributed by atoms with Gasteiger partial charge < -0.3 is 10.1 Å². The van der Waals surface area contributed by atoms with Crippen LogP contribution in [0, 0.1) is 0 Å². The van der Waals surface area contributed by atoms with Crippen LogP contribution < -0.4 is 15.5 Å². The average molecular weight is 413 g/mol. The summed E-state index contributed by atoms with van der Waals surface area (Å²) in [5, 5.41) is 7.27. The molecule has 7 nitrogen and oxygen atoms in total. The summed E-state index contributed by atoms with van der Waals surface area (Å²) in [5.74, 6) is 0.541. The Kier molecular flexibility index (Phi) is 5.93. The van der Waals surface area contributed by atoms with E-state index in [-0.39, 0.29) is 12.5 Å². The van der Waals surface area contributed by atoms with Crippen molar-refractivity contribution in [1.82, 2.24) is 15.0 Å². The molecule has 4 rings (SSSR count). The maximum atomic E-state index is 12.1. The molecule has 3 aromatic carbocycles. The molecule has 1 amide bonds. The average Bonchev–Trinajstić information content (AvgIpc) is 3.26. The number of carbonyl (C=O) groups excluding carboxylic acids is 1. The van der Waals surface area contributed by atoms with Gasteiger partial charge in [0.25, 0.3) is 5.91 Å². The number of nitrogens with one attached hydrogen (secondary N) is 2. The van der Waals surface area contributed by atoms with Gasteiger partial charge in [0.2, 0.25) is 0 Å². The molecule has 156 valence electrons. The Hall–Kier alpha value is -4.13. The van der Waals surface area contributed by atoms with E-state index in [4.69, 9.17) is 4.74 Å². The third kappa shape index (κ3) is 4.72. The molecular weight excluding hydrogens is 390 g/mol. The van der Waals surface area contributed by atoms with Gasteiger partial charge in [-0.25, -0.2) is 10.4 Å². The lowest BCUT2D eigenvalue weighted by atomic mass is 10.1. The molecule has 0 aliphatic rings. The minimum atomic E-state index is -0.225. The number of hydrogen-bond donors (Lipinski definition) is 2. The number of nitrogens with zero attached hydrogens (tertiary/aromatic N) is 3. The number of hydrazone groups is 1. The van der Waals surface area contributed by atoms with E-state index in [1.807, 2.05) is 90.6 Å². The molecule has 0 aliphatic heterocycles. The topological polar surface area (TPSA) is 80.5 Å². The Bertz CT molecular complexity index is 1210. The summed E-state index contributed by atoms with van der Waals surface area (Å²) in [6, 6.07) is 23.3. The van der Waals surface area contributed by atoms with Gasteiger partial charge in [0.05, 0.1) is 30.4 Å². The first-order chi connectivity index (χ1) is 15.1. The summed E-state index contributed by atoms with van der Waals surface area (Å²) in [4.78, 5) is 16.5. The Labute approximate surface area is 180 Å². The lowest BCUT2D eigenvalue weighted by Crippen LogP contribution is -2.26. The monoisotopic (exact) mass is 413 g/mol. The zero-order chi connectivity index (χ0) is 21.6. The molecule has 31 heavy (non-hydrogen) atoms. The smallest absolute Gasteiger partial charge is 0.259 e. The first kappa shape index (κ1) is 20.2. The lowest BCUT2D eigenvalue weighted by Gasteiger charge is -2.08. The molecule has 0 saturated carbocycles. The maximum absolute atomic E-state index is 12.1. The predicted octanol–water partition coefficient (Wildman–Crippen LogP) is 3.99. The number of methoxy groups -OCH3 is 1. The van der Waals surface area contributed by atoms with E-state index >= 15 is 0 Å². The van der Waals surface area contributed by atoms with Crippen LogP contribution >= 0.6 is 0 Å². The van der Waals surface area contributed by atoms with Crippen LogP contribution in [0.2, 0.25) is 0 Å². The van der Waals surface area contributed by atoms with Crippen LogP contribution in [-0.4, -0.2) is 34.8 Å². The van der Waals surface area contributed by atoms with Gasteiger partial charge in [-0.15, -0.1) is 0 Å². The second-order valence-corrected chi connectivity index (χ2v) is 6.96. The third-order valence-electron chi connectivity index (χ3n) is 4.91. The van der Waals surface area contributed by atoms with E-state index in [1.165, 1.54) is 0 Å². The molecule has 0 saturated heterocycles. The van der Waals surface area contributed by atoms with Gasteiger partial charge in [0.1, 0.15) is 12.1 Å². The van der Waals surface area contributed by atoms with Crippen molar-refractivity contribution >= 4 is 28.3 Å². The first-order valence-electron chi connectivity index (χ1n) is 9.88. The highest BCUT2D eigenvalue weighted by atomic mass is 16.5. The summed E-state index contributed by atoms with van der Waals surface area (Å²) >= 11 is 0. The molecule has 1 heterocycles. The maximum Gasteiger partial charge on any atom is 0.259 e. The predicted molar refractivity (Wildman–Crippen MR) is 123 cm³/mol. The number of amides is 1. The lowest BCUT2D eigenvalue weighted by molar-refractivity contribution is -0.119. The molecule has 0 spiro atoms. The second kappa shape index (κ2) is 9.13. The van der Waals surface area contributed by atoms with Crippen molar-refractivity contribution in [1.29, 1.82) is 0 Å². The minimum absolute atomic E-state index is 0.121. The number of benzene rings is 3. The molecular formula is C24H23N5O2. The molecule has 0 fully saturated rings. The van der Waals surface area contributed by atoms with Gasteiger partial charge in [-0.1, -0.05) is 24.3 Å². The number of hydrogen-bond acceptors (Lipinski definition) is 5. The standard InChI is InChI=1S/C24H23N5O2/c1-17(27-28-24(30)15-25-19-9-13-21(31-2)14-10-19)18-7-11-20(12-8-18)29-16-26-22-5-3-4-6-23(22)29/h3-14,16,25H,15H2,1-2H3,(H,28,30)/b27-17-. The van der Waals surface area contributed by atoms with Crippen LogP contribution in [0.5, 0.6) is 5.75 Å². The number of rotatable bonds is 7. The Balaban J connectivity index is 1.36. The van der Waals surface area contributed by atoms with Gasteiger partial charge in [0.15, 0.2) is 0 Å². The van der Waals surface area contributed by atoms with E-state index in [0.717, 1.165) is 39.4 Å². The van der Waals surface area contributed by atoms with Gasteiger partial charge in [-0.05, 0) is 61.0 Å². The fourth-order valence-electron chi connectivity index (χ4n) is 3.17. The summed E-state index contributed by atoms with van der Waals surface area (Å²) in [6.07, 6.45) is 1.82. The van der Waals surface area contributed by atoms with E-state index < -0.39 is 0 Å². The third-order valence-corrected chi connectivity index (χ3v) is 4.91. The molecule has 4 aromatic rings. The number of fused-ring (bicyclic) bond motifs is 1. The number of carbonyl (C=O) groups is 1. The van der Waals surface area contributed by atoms with Crippen molar-refractivity contribution in [2.45, 2.75) is 6.92 Å². The van der Waals surface area contributed by atoms with Crippen molar-refractivity contribution in [3.8, 4) is 11.4 Å². The summed E-state index contributed by atoms with van der Waals surface area (Å²) in [6.45, 7) is 1.98. The molecule has 0 radical (unpaired) electrons. The number of anilines is 1. The zero-order valence-electron chi connectivity index (χ0n) is 17.4. The quantitative estimate of drug-likeness (QED) is 0.355. The summed E-state index contributed by atoms with van der Waals surface area (Å²) in [7, 11) is 1.61. The summed E-state index contributed by atoms with van der Waals surface area (Å²) < 4.78 is 7.16. The molecule has 7 heteroatoms.